The molecule has 3 aromatic rings. The SMILES string of the molecule is COc1nc(Cl)c(Cl)cc1Nc1ccc(SCc2ccccc2)cc1C=CC(=O)O. The van der Waals surface area contributed by atoms with Crippen molar-refractivity contribution < 1.29 is 14.6 Å². The van der Waals surface area contributed by atoms with Gasteiger partial charge in [0.25, 0.3) is 0 Å². The molecule has 0 saturated heterocycles. The Labute approximate surface area is 188 Å². The van der Waals surface area contributed by atoms with Gasteiger partial charge < -0.3 is 15.2 Å². The smallest absolute Gasteiger partial charge is 0.328 e. The molecule has 0 aliphatic heterocycles. The van der Waals surface area contributed by atoms with Gasteiger partial charge in [0.2, 0.25) is 5.88 Å². The van der Waals surface area contributed by atoms with Crippen LogP contribution >= 0.6 is 35.0 Å². The van der Waals surface area contributed by atoms with Crippen LogP contribution in [0.15, 0.2) is 65.6 Å². The van der Waals surface area contributed by atoms with Crippen LogP contribution in [0.4, 0.5) is 11.4 Å². The van der Waals surface area contributed by atoms with Crippen LogP contribution in [0.2, 0.25) is 10.2 Å². The third-order valence-electron chi connectivity index (χ3n) is 4.04. The van der Waals surface area contributed by atoms with Crippen LogP contribution in [-0.2, 0) is 10.5 Å². The number of halogens is 2. The Balaban J connectivity index is 1.90. The summed E-state index contributed by atoms with van der Waals surface area (Å²) in [5.74, 6) is 0.0532. The molecule has 1 heterocycles. The lowest BCUT2D eigenvalue weighted by Crippen LogP contribution is -1.99. The summed E-state index contributed by atoms with van der Waals surface area (Å²) in [5.41, 5.74) is 3.10. The summed E-state index contributed by atoms with van der Waals surface area (Å²) in [6, 6.07) is 17.5. The molecule has 0 spiro atoms. The Bertz CT molecular complexity index is 1080. The van der Waals surface area contributed by atoms with E-state index in [2.05, 4.69) is 22.4 Å². The van der Waals surface area contributed by atoms with E-state index >= 15 is 0 Å². The summed E-state index contributed by atoms with van der Waals surface area (Å²) in [6.07, 6.45) is 2.63. The van der Waals surface area contributed by atoms with E-state index in [1.807, 2.05) is 36.4 Å². The Morgan fingerprint density at radius 2 is 1.93 bits per heavy atom. The Morgan fingerprint density at radius 3 is 2.63 bits per heavy atom. The molecule has 1 aromatic heterocycles. The largest absolute Gasteiger partial charge is 0.479 e. The second-order valence-corrected chi connectivity index (χ2v) is 7.95. The predicted molar refractivity (Wildman–Crippen MR) is 123 cm³/mol. The number of aliphatic carboxylic acids is 1. The van der Waals surface area contributed by atoms with Crippen LogP contribution in [0.3, 0.4) is 0 Å². The van der Waals surface area contributed by atoms with Crippen molar-refractivity contribution in [1.29, 1.82) is 0 Å². The monoisotopic (exact) mass is 460 g/mol. The van der Waals surface area contributed by atoms with Gasteiger partial charge in [0, 0.05) is 22.4 Å². The lowest BCUT2D eigenvalue weighted by Gasteiger charge is -2.14. The molecule has 0 radical (unpaired) electrons. The quantitative estimate of drug-likeness (QED) is 0.226. The molecule has 0 aliphatic carbocycles. The molecule has 30 heavy (non-hydrogen) atoms. The van der Waals surface area contributed by atoms with Gasteiger partial charge in [-0.1, -0.05) is 53.5 Å². The van der Waals surface area contributed by atoms with Crippen molar-refractivity contribution in [2.24, 2.45) is 0 Å². The molecular weight excluding hydrogens is 443 g/mol. The van der Waals surface area contributed by atoms with E-state index in [9.17, 15) is 4.79 Å². The second kappa shape index (κ2) is 10.4. The molecule has 2 aromatic carbocycles. The van der Waals surface area contributed by atoms with Gasteiger partial charge in [0.05, 0.1) is 12.1 Å². The molecule has 0 atom stereocenters. The maximum atomic E-state index is 11.0. The maximum Gasteiger partial charge on any atom is 0.328 e. The first-order chi connectivity index (χ1) is 14.5. The summed E-state index contributed by atoms with van der Waals surface area (Å²) < 4.78 is 5.27. The molecule has 3 rings (SSSR count). The van der Waals surface area contributed by atoms with Crippen molar-refractivity contribution in [3.8, 4) is 5.88 Å². The standard InChI is InChI=1S/C22H18Cl2N2O3S/c1-29-22-19(12-17(23)21(24)26-22)25-18-9-8-16(11-15(18)7-10-20(27)28)30-13-14-5-3-2-4-6-14/h2-12,25H,13H2,1H3,(H,27,28). The number of carboxylic acids is 1. The van der Waals surface area contributed by atoms with E-state index < -0.39 is 5.97 Å². The summed E-state index contributed by atoms with van der Waals surface area (Å²) >= 11 is 13.7. The number of nitrogens with one attached hydrogen (secondary N) is 1. The number of hydrogen-bond donors (Lipinski definition) is 2. The average molecular weight is 461 g/mol. The predicted octanol–water partition coefficient (Wildman–Crippen LogP) is 6.53. The van der Waals surface area contributed by atoms with E-state index in [4.69, 9.17) is 33.0 Å². The summed E-state index contributed by atoms with van der Waals surface area (Å²) in [6.45, 7) is 0. The van der Waals surface area contributed by atoms with Gasteiger partial charge in [-0.3, -0.25) is 0 Å². The number of hydrogen-bond acceptors (Lipinski definition) is 5. The first kappa shape index (κ1) is 22.0. The number of carbonyl (C=O) groups is 1. The number of ether oxygens (including phenoxy) is 1. The molecule has 0 fully saturated rings. The van der Waals surface area contributed by atoms with Crippen molar-refractivity contribution >= 4 is 58.4 Å². The number of aromatic nitrogens is 1. The minimum atomic E-state index is -1.03. The van der Waals surface area contributed by atoms with Crippen molar-refractivity contribution in [1.82, 2.24) is 4.98 Å². The topological polar surface area (TPSA) is 71.5 Å². The molecule has 0 bridgehead atoms. The highest BCUT2D eigenvalue weighted by Gasteiger charge is 2.12. The maximum absolute atomic E-state index is 11.0. The highest BCUT2D eigenvalue weighted by molar-refractivity contribution is 7.98. The normalized spacial score (nSPS) is 10.9. The van der Waals surface area contributed by atoms with Gasteiger partial charge in [-0.15, -0.1) is 11.8 Å². The number of rotatable bonds is 8. The Hall–Kier alpha value is -2.67. The zero-order valence-electron chi connectivity index (χ0n) is 15.9. The van der Waals surface area contributed by atoms with Crippen LogP contribution in [-0.4, -0.2) is 23.2 Å². The summed E-state index contributed by atoms with van der Waals surface area (Å²) in [5, 5.41) is 12.7. The van der Waals surface area contributed by atoms with Crippen LogP contribution in [0, 0.1) is 0 Å². The molecule has 2 N–H and O–H groups in total. The van der Waals surface area contributed by atoms with Gasteiger partial charge in [-0.05, 0) is 41.5 Å². The third-order valence-corrected chi connectivity index (χ3v) is 5.78. The first-order valence-corrected chi connectivity index (χ1v) is 10.6. The van der Waals surface area contributed by atoms with E-state index in [1.54, 1.807) is 17.8 Å². The van der Waals surface area contributed by atoms with Crippen LogP contribution in [0.1, 0.15) is 11.1 Å². The zero-order chi connectivity index (χ0) is 21.5. The minimum absolute atomic E-state index is 0.137. The Morgan fingerprint density at radius 1 is 1.17 bits per heavy atom. The highest BCUT2D eigenvalue weighted by atomic mass is 35.5. The fraction of sp³-hybridized carbons (Fsp3) is 0.0909. The number of pyridine rings is 1. The summed E-state index contributed by atoms with van der Waals surface area (Å²) in [4.78, 5) is 16.2. The van der Waals surface area contributed by atoms with Crippen molar-refractivity contribution in [3.05, 3.63) is 82.0 Å². The molecule has 0 aliphatic rings. The van der Waals surface area contributed by atoms with Gasteiger partial charge in [-0.2, -0.15) is 4.98 Å². The highest BCUT2D eigenvalue weighted by Crippen LogP contribution is 2.35. The fourth-order valence-corrected chi connectivity index (χ4v) is 3.81. The summed E-state index contributed by atoms with van der Waals surface area (Å²) in [7, 11) is 1.48. The van der Waals surface area contributed by atoms with Gasteiger partial charge in [-0.25, -0.2) is 4.79 Å². The molecular formula is C22H18Cl2N2O3S. The van der Waals surface area contributed by atoms with E-state index in [0.717, 1.165) is 16.7 Å². The number of thioether (sulfide) groups is 1. The fourth-order valence-electron chi connectivity index (χ4n) is 2.63. The molecule has 8 heteroatoms. The Kier molecular flexibility index (Phi) is 7.63. The number of nitrogens with zero attached hydrogens (tertiary/aromatic N) is 1. The molecule has 0 saturated carbocycles. The molecule has 0 amide bonds. The van der Waals surface area contributed by atoms with Crippen molar-refractivity contribution in [3.63, 3.8) is 0 Å². The zero-order valence-corrected chi connectivity index (χ0v) is 18.3. The number of benzene rings is 2. The van der Waals surface area contributed by atoms with Gasteiger partial charge in [0.1, 0.15) is 5.69 Å². The van der Waals surface area contributed by atoms with Gasteiger partial charge in [0.15, 0.2) is 5.15 Å². The first-order valence-electron chi connectivity index (χ1n) is 8.85. The number of anilines is 2. The van der Waals surface area contributed by atoms with E-state index in [-0.39, 0.29) is 16.1 Å². The van der Waals surface area contributed by atoms with Gasteiger partial charge >= 0.3 is 5.97 Å². The number of carboxylic acid groups (broad SMARTS) is 1. The van der Waals surface area contributed by atoms with Crippen LogP contribution in [0.25, 0.3) is 6.08 Å². The molecule has 154 valence electrons. The lowest BCUT2D eigenvalue weighted by molar-refractivity contribution is -0.131. The van der Waals surface area contributed by atoms with Crippen molar-refractivity contribution in [2.75, 3.05) is 12.4 Å². The van der Waals surface area contributed by atoms with Crippen LogP contribution < -0.4 is 10.1 Å². The number of methoxy groups -OCH3 is 1. The molecule has 0 unspecified atom stereocenters. The lowest BCUT2D eigenvalue weighted by atomic mass is 10.1. The minimum Gasteiger partial charge on any atom is -0.479 e. The van der Waals surface area contributed by atoms with E-state index in [1.165, 1.54) is 18.7 Å². The third kappa shape index (κ3) is 5.92. The second-order valence-electron chi connectivity index (χ2n) is 6.14. The molecule has 5 nitrogen and oxygen atoms in total. The van der Waals surface area contributed by atoms with E-state index in [0.29, 0.717) is 16.9 Å². The van der Waals surface area contributed by atoms with Crippen molar-refractivity contribution in [2.45, 2.75) is 10.6 Å². The van der Waals surface area contributed by atoms with Crippen LogP contribution in [0.5, 0.6) is 5.88 Å². The average Bonchev–Trinajstić information content (AvgIpc) is 2.75.